The molecule has 0 amide bonds. The summed E-state index contributed by atoms with van der Waals surface area (Å²) in [5.74, 6) is 2.52. The highest BCUT2D eigenvalue weighted by molar-refractivity contribution is 6.31. The van der Waals surface area contributed by atoms with Gasteiger partial charge in [-0.2, -0.15) is 0 Å². The Bertz CT molecular complexity index is 1280. The fraction of sp³-hybridized carbons (Fsp3) is 0.192. The average Bonchev–Trinajstić information content (AvgIpc) is 3.14. The maximum absolute atomic E-state index is 13.0. The Balaban J connectivity index is 1.42. The number of methoxy groups -OCH3 is 1. The van der Waals surface area contributed by atoms with Crippen LogP contribution < -0.4 is 18.9 Å². The van der Waals surface area contributed by atoms with E-state index in [1.54, 1.807) is 37.5 Å². The summed E-state index contributed by atoms with van der Waals surface area (Å²) in [4.78, 5) is 13.0. The first kappa shape index (κ1) is 21.4. The molecule has 0 fully saturated rings. The van der Waals surface area contributed by atoms with Crippen LogP contribution in [0.4, 0.5) is 0 Å². The normalized spacial score (nSPS) is 15.5. The van der Waals surface area contributed by atoms with Gasteiger partial charge in [-0.3, -0.25) is 4.79 Å². The van der Waals surface area contributed by atoms with Crippen molar-refractivity contribution in [1.29, 1.82) is 0 Å². The maximum Gasteiger partial charge on any atom is 0.231 e. The van der Waals surface area contributed by atoms with Gasteiger partial charge in [0.15, 0.2) is 12.6 Å². The molecule has 2 aliphatic rings. The summed E-state index contributed by atoms with van der Waals surface area (Å²) in [5, 5.41) is 0.529. The van der Waals surface area contributed by atoms with E-state index in [9.17, 15) is 4.79 Å². The number of carbonyl (C=O) groups is 1. The summed E-state index contributed by atoms with van der Waals surface area (Å²) >= 11 is 6.25. The van der Waals surface area contributed by atoms with Crippen molar-refractivity contribution in [2.24, 2.45) is 0 Å². The Morgan fingerprint density at radius 1 is 1.09 bits per heavy atom. The number of halogens is 1. The molecule has 0 saturated heterocycles. The van der Waals surface area contributed by atoms with Crippen molar-refractivity contribution in [2.45, 2.75) is 20.1 Å². The first-order valence-electron chi connectivity index (χ1n) is 10.4. The Hall–Kier alpha value is -3.48. The summed E-state index contributed by atoms with van der Waals surface area (Å²) in [6.07, 6.45) is 1.66. The monoisotopic (exact) mass is 464 g/mol. The van der Waals surface area contributed by atoms with Gasteiger partial charge in [0.1, 0.15) is 29.6 Å². The van der Waals surface area contributed by atoms with Gasteiger partial charge >= 0.3 is 0 Å². The van der Waals surface area contributed by atoms with Crippen LogP contribution in [0.3, 0.4) is 0 Å². The van der Waals surface area contributed by atoms with Crippen molar-refractivity contribution in [3.8, 4) is 23.0 Å². The number of fused-ring (bicyclic) bond motifs is 2. The molecule has 6 nitrogen and oxygen atoms in total. The van der Waals surface area contributed by atoms with E-state index in [1.807, 2.05) is 31.2 Å². The van der Waals surface area contributed by atoms with Crippen LogP contribution in [0.1, 0.15) is 32.6 Å². The second-order valence-electron chi connectivity index (χ2n) is 7.70. The zero-order valence-corrected chi connectivity index (χ0v) is 18.9. The predicted molar refractivity (Wildman–Crippen MR) is 123 cm³/mol. The van der Waals surface area contributed by atoms with Gasteiger partial charge in [-0.25, -0.2) is 0 Å². The quantitative estimate of drug-likeness (QED) is 0.450. The molecule has 0 spiro atoms. The number of para-hydroxylation sites is 1. The fourth-order valence-electron chi connectivity index (χ4n) is 3.96. The van der Waals surface area contributed by atoms with Crippen molar-refractivity contribution in [3.05, 3.63) is 87.1 Å². The number of carbonyl (C=O) groups excluding carboxylic acids is 1. The van der Waals surface area contributed by atoms with Crippen LogP contribution in [-0.4, -0.2) is 19.7 Å². The molecule has 3 aromatic rings. The van der Waals surface area contributed by atoms with Crippen LogP contribution in [0.5, 0.6) is 23.0 Å². The third kappa shape index (κ3) is 4.03. The molecule has 3 aromatic carbocycles. The lowest BCUT2D eigenvalue weighted by atomic mass is 10.0. The van der Waals surface area contributed by atoms with Crippen molar-refractivity contribution < 1.29 is 28.5 Å². The third-order valence-electron chi connectivity index (χ3n) is 5.60. The van der Waals surface area contributed by atoms with Gasteiger partial charge in [0.2, 0.25) is 5.78 Å². The molecule has 0 aromatic heterocycles. The number of hydrogen-bond donors (Lipinski definition) is 0. The van der Waals surface area contributed by atoms with Crippen LogP contribution in [-0.2, 0) is 18.0 Å². The summed E-state index contributed by atoms with van der Waals surface area (Å²) in [6.45, 7) is 2.74. The summed E-state index contributed by atoms with van der Waals surface area (Å²) < 4.78 is 28.4. The van der Waals surface area contributed by atoms with Gasteiger partial charge in [0, 0.05) is 27.3 Å². The largest absolute Gasteiger partial charge is 0.496 e. The molecule has 0 aliphatic carbocycles. The number of benzene rings is 3. The van der Waals surface area contributed by atoms with Crippen LogP contribution in [0, 0.1) is 6.92 Å². The lowest BCUT2D eigenvalue weighted by molar-refractivity contribution is -0.0165. The SMILES string of the molecule is COc1ccccc1COc1ccc2c(c1C)O/C(=C\c1cc(Cl)cc3c1OCOC3)C2=O. The number of allylic oxidation sites excluding steroid dienone is 1. The molecule has 5 rings (SSSR count). The minimum atomic E-state index is -0.204. The van der Waals surface area contributed by atoms with E-state index < -0.39 is 0 Å². The van der Waals surface area contributed by atoms with Gasteiger partial charge in [-0.15, -0.1) is 0 Å². The Labute approximate surface area is 196 Å². The number of hydrogen-bond acceptors (Lipinski definition) is 6. The fourth-order valence-corrected chi connectivity index (χ4v) is 4.21. The van der Waals surface area contributed by atoms with E-state index in [0.29, 0.717) is 46.6 Å². The Kier molecular flexibility index (Phi) is 5.70. The highest BCUT2D eigenvalue weighted by Gasteiger charge is 2.31. The van der Waals surface area contributed by atoms with Crippen LogP contribution in [0.2, 0.25) is 5.02 Å². The van der Waals surface area contributed by atoms with E-state index in [2.05, 4.69) is 0 Å². The third-order valence-corrected chi connectivity index (χ3v) is 5.82. The van der Waals surface area contributed by atoms with Crippen LogP contribution in [0.15, 0.2) is 54.3 Å². The molecule has 168 valence electrons. The minimum absolute atomic E-state index is 0.145. The number of ketones is 1. The highest BCUT2D eigenvalue weighted by Crippen LogP contribution is 2.41. The van der Waals surface area contributed by atoms with Gasteiger partial charge in [-0.1, -0.05) is 29.8 Å². The van der Waals surface area contributed by atoms with E-state index in [1.165, 1.54) is 0 Å². The molecule has 7 heteroatoms. The second-order valence-corrected chi connectivity index (χ2v) is 8.14. The summed E-state index contributed by atoms with van der Waals surface area (Å²) in [7, 11) is 1.63. The number of Topliss-reactive ketones (excluding diaryl/α,β-unsaturated/α-hetero) is 1. The molecule has 0 unspecified atom stereocenters. The van der Waals surface area contributed by atoms with Crippen molar-refractivity contribution in [2.75, 3.05) is 13.9 Å². The molecule has 2 heterocycles. The lowest BCUT2D eigenvalue weighted by Gasteiger charge is -2.20. The predicted octanol–water partition coefficient (Wildman–Crippen LogP) is 5.72. The van der Waals surface area contributed by atoms with E-state index in [4.69, 9.17) is 35.3 Å². The number of ether oxygens (including phenoxy) is 5. The topological polar surface area (TPSA) is 63.2 Å². The summed E-state index contributed by atoms with van der Waals surface area (Å²) in [6, 6.07) is 14.7. The van der Waals surface area contributed by atoms with Gasteiger partial charge in [0.25, 0.3) is 0 Å². The molecule has 0 radical (unpaired) electrons. The number of rotatable bonds is 5. The zero-order valence-electron chi connectivity index (χ0n) is 18.1. The minimum Gasteiger partial charge on any atom is -0.496 e. The highest BCUT2D eigenvalue weighted by atomic mass is 35.5. The smallest absolute Gasteiger partial charge is 0.231 e. The van der Waals surface area contributed by atoms with E-state index in [-0.39, 0.29) is 18.3 Å². The second kappa shape index (κ2) is 8.81. The molecular formula is C26H21ClO6. The molecule has 0 atom stereocenters. The molecular weight excluding hydrogens is 444 g/mol. The van der Waals surface area contributed by atoms with Crippen molar-refractivity contribution in [1.82, 2.24) is 0 Å². The van der Waals surface area contributed by atoms with E-state index in [0.717, 1.165) is 22.4 Å². The van der Waals surface area contributed by atoms with Gasteiger partial charge in [-0.05, 0) is 43.3 Å². The van der Waals surface area contributed by atoms with Crippen molar-refractivity contribution >= 4 is 23.5 Å². The standard InChI is InChI=1S/C26H21ClO6/c1-15-21(31-13-16-5-3-4-6-22(16)29-2)8-7-20-24(28)23(33-25(15)20)11-17-9-19(27)10-18-12-30-14-32-26(17)18/h3-11H,12-14H2,1-2H3/b23-11-. The molecule has 33 heavy (non-hydrogen) atoms. The first-order valence-corrected chi connectivity index (χ1v) is 10.8. The van der Waals surface area contributed by atoms with Crippen molar-refractivity contribution in [3.63, 3.8) is 0 Å². The zero-order chi connectivity index (χ0) is 22.9. The van der Waals surface area contributed by atoms with Crippen LogP contribution >= 0.6 is 11.6 Å². The maximum atomic E-state index is 13.0. The Morgan fingerprint density at radius 3 is 2.79 bits per heavy atom. The molecule has 0 N–H and O–H groups in total. The lowest BCUT2D eigenvalue weighted by Crippen LogP contribution is -2.12. The van der Waals surface area contributed by atoms with E-state index >= 15 is 0 Å². The average molecular weight is 465 g/mol. The molecule has 0 bridgehead atoms. The molecule has 2 aliphatic heterocycles. The van der Waals surface area contributed by atoms with Crippen LogP contribution in [0.25, 0.3) is 6.08 Å². The Morgan fingerprint density at radius 2 is 1.94 bits per heavy atom. The molecule has 0 saturated carbocycles. The van der Waals surface area contributed by atoms with Gasteiger partial charge < -0.3 is 23.7 Å². The first-order chi connectivity index (χ1) is 16.0. The van der Waals surface area contributed by atoms with Gasteiger partial charge in [0.05, 0.1) is 19.3 Å². The summed E-state index contributed by atoms with van der Waals surface area (Å²) in [5.41, 5.74) is 3.65.